The van der Waals surface area contributed by atoms with E-state index in [9.17, 15) is 4.79 Å². The van der Waals surface area contributed by atoms with Gasteiger partial charge in [-0.3, -0.25) is 4.79 Å². The van der Waals surface area contributed by atoms with Gasteiger partial charge in [0.1, 0.15) is 5.75 Å². The maximum atomic E-state index is 11.4. The van der Waals surface area contributed by atoms with Gasteiger partial charge in [0, 0.05) is 6.04 Å². The predicted octanol–water partition coefficient (Wildman–Crippen LogP) is 2.14. The number of methoxy groups -OCH3 is 1. The maximum absolute atomic E-state index is 11.4. The van der Waals surface area contributed by atoms with Gasteiger partial charge in [-0.2, -0.15) is 0 Å². The van der Waals surface area contributed by atoms with Gasteiger partial charge in [-0.25, -0.2) is 0 Å². The molecule has 4 nitrogen and oxygen atoms in total. The summed E-state index contributed by atoms with van der Waals surface area (Å²) in [7, 11) is 1.65. The fourth-order valence-electron chi connectivity index (χ4n) is 2.27. The number of hydrogen-bond donors (Lipinski definition) is 1. The van der Waals surface area contributed by atoms with E-state index in [4.69, 9.17) is 15.2 Å². The van der Waals surface area contributed by atoms with Gasteiger partial charge in [-0.1, -0.05) is 17.7 Å². The van der Waals surface area contributed by atoms with E-state index in [-0.39, 0.29) is 18.4 Å². The lowest BCUT2D eigenvalue weighted by atomic mass is 9.98. The number of carbonyl (C=O) groups is 1. The smallest absolute Gasteiger partial charge is 0.307 e. The quantitative estimate of drug-likeness (QED) is 0.800. The first-order valence-corrected chi connectivity index (χ1v) is 6.53. The van der Waals surface area contributed by atoms with Crippen molar-refractivity contribution in [1.29, 1.82) is 0 Å². The van der Waals surface area contributed by atoms with Gasteiger partial charge < -0.3 is 15.2 Å². The Labute approximate surface area is 114 Å². The van der Waals surface area contributed by atoms with Gasteiger partial charge in [0.2, 0.25) is 0 Å². The molecule has 1 unspecified atom stereocenters. The summed E-state index contributed by atoms with van der Waals surface area (Å²) in [6.07, 6.45) is 0.828. The predicted molar refractivity (Wildman–Crippen MR) is 75.4 cm³/mol. The minimum atomic E-state index is -0.255. The summed E-state index contributed by atoms with van der Waals surface area (Å²) in [6, 6.07) is 3.87. The van der Waals surface area contributed by atoms with E-state index < -0.39 is 0 Å². The fraction of sp³-hybridized carbons (Fsp3) is 0.533. The van der Waals surface area contributed by atoms with Crippen LogP contribution in [0.25, 0.3) is 0 Å². The Morgan fingerprint density at radius 3 is 2.63 bits per heavy atom. The van der Waals surface area contributed by atoms with Crippen LogP contribution in [0.2, 0.25) is 0 Å². The van der Waals surface area contributed by atoms with Crippen molar-refractivity contribution >= 4 is 5.97 Å². The molecule has 0 aliphatic carbocycles. The molecule has 0 bridgehead atoms. The van der Waals surface area contributed by atoms with Crippen LogP contribution in [0.3, 0.4) is 0 Å². The van der Waals surface area contributed by atoms with Gasteiger partial charge >= 0.3 is 5.97 Å². The lowest BCUT2D eigenvalue weighted by molar-refractivity contribution is -0.143. The Morgan fingerprint density at radius 1 is 1.37 bits per heavy atom. The second-order valence-corrected chi connectivity index (χ2v) is 4.75. The van der Waals surface area contributed by atoms with Gasteiger partial charge in [-0.15, -0.1) is 0 Å². The van der Waals surface area contributed by atoms with Crippen LogP contribution in [0, 0.1) is 13.8 Å². The van der Waals surface area contributed by atoms with Crippen molar-refractivity contribution in [2.75, 3.05) is 13.7 Å². The minimum Gasteiger partial charge on any atom is -0.496 e. The number of esters is 1. The van der Waals surface area contributed by atoms with E-state index in [1.807, 2.05) is 13.8 Å². The monoisotopic (exact) mass is 265 g/mol. The highest BCUT2D eigenvalue weighted by atomic mass is 16.5. The van der Waals surface area contributed by atoms with Crippen molar-refractivity contribution in [1.82, 2.24) is 0 Å². The van der Waals surface area contributed by atoms with E-state index in [0.717, 1.165) is 22.4 Å². The fourth-order valence-corrected chi connectivity index (χ4v) is 2.27. The zero-order valence-corrected chi connectivity index (χ0v) is 12.2. The first-order chi connectivity index (χ1) is 8.97. The average molecular weight is 265 g/mol. The number of carbonyl (C=O) groups excluding carboxylic acids is 1. The first-order valence-electron chi connectivity index (χ1n) is 6.53. The van der Waals surface area contributed by atoms with Crippen molar-refractivity contribution in [2.24, 2.45) is 5.73 Å². The lowest BCUT2D eigenvalue weighted by Crippen LogP contribution is -2.27. The van der Waals surface area contributed by atoms with Crippen LogP contribution in [0.15, 0.2) is 12.1 Å². The summed E-state index contributed by atoms with van der Waals surface area (Å²) in [5.41, 5.74) is 9.29. The molecule has 0 fully saturated rings. The Kier molecular flexibility index (Phi) is 5.83. The molecular formula is C15H23NO3. The third-order valence-corrected chi connectivity index (χ3v) is 2.92. The molecule has 0 saturated heterocycles. The summed E-state index contributed by atoms with van der Waals surface area (Å²) < 4.78 is 10.3. The highest BCUT2D eigenvalue weighted by Gasteiger charge is 2.15. The molecule has 0 saturated carbocycles. The summed E-state index contributed by atoms with van der Waals surface area (Å²) in [6.45, 7) is 6.22. The molecule has 0 amide bonds. The van der Waals surface area contributed by atoms with Crippen LogP contribution in [-0.4, -0.2) is 25.7 Å². The van der Waals surface area contributed by atoms with Gasteiger partial charge in [0.25, 0.3) is 0 Å². The normalized spacial score (nSPS) is 12.1. The lowest BCUT2D eigenvalue weighted by Gasteiger charge is -2.16. The molecule has 4 heteroatoms. The molecule has 0 aromatic heterocycles. The Hall–Kier alpha value is -1.55. The van der Waals surface area contributed by atoms with Gasteiger partial charge in [0.05, 0.1) is 20.1 Å². The molecular weight excluding hydrogens is 242 g/mol. The van der Waals surface area contributed by atoms with Crippen LogP contribution in [0.1, 0.15) is 30.0 Å². The van der Waals surface area contributed by atoms with Crippen LogP contribution < -0.4 is 10.5 Å². The average Bonchev–Trinajstić information content (AvgIpc) is 2.28. The zero-order chi connectivity index (χ0) is 14.4. The molecule has 19 heavy (non-hydrogen) atoms. The molecule has 2 N–H and O–H groups in total. The standard InChI is InChI=1S/C15H23NO3/c1-5-19-14(17)9-13(16)8-12-7-10(2)6-11(3)15(12)18-4/h6-7,13H,5,8-9,16H2,1-4H3. The number of aryl methyl sites for hydroxylation is 2. The SMILES string of the molecule is CCOC(=O)CC(N)Cc1cc(C)cc(C)c1OC. The van der Waals surface area contributed by atoms with Crippen LogP contribution in [0.5, 0.6) is 5.75 Å². The molecule has 1 rings (SSSR count). The zero-order valence-electron chi connectivity index (χ0n) is 12.2. The second-order valence-electron chi connectivity index (χ2n) is 4.75. The largest absolute Gasteiger partial charge is 0.496 e. The van der Waals surface area contributed by atoms with Crippen molar-refractivity contribution < 1.29 is 14.3 Å². The third kappa shape index (κ3) is 4.56. The molecule has 0 aliphatic rings. The molecule has 1 atom stereocenters. The number of benzene rings is 1. The molecule has 0 spiro atoms. The molecule has 1 aromatic rings. The van der Waals surface area contributed by atoms with E-state index in [0.29, 0.717) is 13.0 Å². The van der Waals surface area contributed by atoms with Crippen LogP contribution >= 0.6 is 0 Å². The Bertz CT molecular complexity index is 443. The van der Waals surface area contributed by atoms with Crippen molar-refractivity contribution in [3.8, 4) is 5.75 Å². The van der Waals surface area contributed by atoms with E-state index in [1.165, 1.54) is 0 Å². The summed E-state index contributed by atoms with van der Waals surface area (Å²) in [4.78, 5) is 11.4. The van der Waals surface area contributed by atoms with Crippen molar-refractivity contribution in [3.05, 3.63) is 28.8 Å². The Morgan fingerprint density at radius 2 is 2.05 bits per heavy atom. The number of rotatable bonds is 6. The summed E-state index contributed by atoms with van der Waals surface area (Å²) in [5.74, 6) is 0.600. The van der Waals surface area contributed by atoms with Crippen molar-refractivity contribution in [2.45, 2.75) is 39.7 Å². The summed E-state index contributed by atoms with van der Waals surface area (Å²) >= 11 is 0. The van der Waals surface area contributed by atoms with Crippen LogP contribution in [-0.2, 0) is 16.0 Å². The topological polar surface area (TPSA) is 61.5 Å². The highest BCUT2D eigenvalue weighted by molar-refractivity contribution is 5.70. The second kappa shape index (κ2) is 7.14. The molecule has 106 valence electrons. The third-order valence-electron chi connectivity index (χ3n) is 2.92. The number of ether oxygens (including phenoxy) is 2. The summed E-state index contributed by atoms with van der Waals surface area (Å²) in [5, 5.41) is 0. The number of nitrogens with two attached hydrogens (primary N) is 1. The molecule has 0 heterocycles. The van der Waals surface area contributed by atoms with E-state index in [1.54, 1.807) is 14.0 Å². The minimum absolute atomic E-state index is 0.226. The van der Waals surface area contributed by atoms with Gasteiger partial charge in [0.15, 0.2) is 0 Å². The molecule has 0 aliphatic heterocycles. The maximum Gasteiger partial charge on any atom is 0.307 e. The first kappa shape index (κ1) is 15.5. The van der Waals surface area contributed by atoms with Crippen LogP contribution in [0.4, 0.5) is 0 Å². The number of hydrogen-bond acceptors (Lipinski definition) is 4. The van der Waals surface area contributed by atoms with Crippen molar-refractivity contribution in [3.63, 3.8) is 0 Å². The highest BCUT2D eigenvalue weighted by Crippen LogP contribution is 2.26. The van der Waals surface area contributed by atoms with E-state index in [2.05, 4.69) is 12.1 Å². The van der Waals surface area contributed by atoms with E-state index >= 15 is 0 Å². The van der Waals surface area contributed by atoms with Gasteiger partial charge in [-0.05, 0) is 38.3 Å². The Balaban J connectivity index is 2.78. The molecule has 0 radical (unpaired) electrons. The molecule has 1 aromatic carbocycles.